The molecule has 3 atom stereocenters. The van der Waals surface area contributed by atoms with Crippen molar-refractivity contribution in [1.29, 1.82) is 0 Å². The van der Waals surface area contributed by atoms with Crippen LogP contribution in [0.1, 0.15) is 38.8 Å². The Kier molecular flexibility index (Phi) is 7.49. The Morgan fingerprint density at radius 3 is 2.26 bits per heavy atom. The summed E-state index contributed by atoms with van der Waals surface area (Å²) < 4.78 is 47.9. The Balaban J connectivity index is 2.18. The lowest BCUT2D eigenvalue weighted by atomic mass is 10.0. The number of rotatable bonds is 6. The molecule has 11 heteroatoms. The van der Waals surface area contributed by atoms with Gasteiger partial charge in [-0.05, 0) is 45.4 Å². The van der Waals surface area contributed by atoms with Gasteiger partial charge in [-0.1, -0.05) is 36.4 Å². The highest BCUT2D eigenvalue weighted by Gasteiger charge is 2.54. The van der Waals surface area contributed by atoms with Crippen LogP contribution in [0.25, 0.3) is 0 Å². The minimum absolute atomic E-state index is 0.0389. The molecule has 2 N–H and O–H groups in total. The Morgan fingerprint density at radius 1 is 1.09 bits per heavy atom. The number of sulfone groups is 1. The van der Waals surface area contributed by atoms with Crippen molar-refractivity contribution >= 4 is 27.7 Å². The van der Waals surface area contributed by atoms with E-state index in [1.807, 2.05) is 5.32 Å². The molecule has 35 heavy (non-hydrogen) atoms. The lowest BCUT2D eigenvalue weighted by Crippen LogP contribution is -2.48. The molecule has 3 unspecified atom stereocenters. The fourth-order valence-corrected chi connectivity index (χ4v) is 6.08. The maximum atomic E-state index is 15.0. The number of carbonyl (C=O) groups excluding carboxylic acids is 3. The second-order valence-electron chi connectivity index (χ2n) is 9.13. The van der Waals surface area contributed by atoms with Crippen LogP contribution in [0.15, 0.2) is 59.5 Å². The number of urea groups is 1. The van der Waals surface area contributed by atoms with Crippen LogP contribution >= 0.6 is 0 Å². The van der Waals surface area contributed by atoms with Crippen molar-refractivity contribution in [2.75, 3.05) is 6.54 Å². The van der Waals surface area contributed by atoms with E-state index in [-0.39, 0.29) is 16.9 Å². The molecule has 187 valence electrons. The molecule has 1 saturated heterocycles. The first kappa shape index (κ1) is 26.1. The van der Waals surface area contributed by atoms with E-state index in [0.29, 0.717) is 0 Å². The maximum Gasteiger partial charge on any atom is 0.333 e. The molecule has 1 heterocycles. The molecule has 1 aliphatic heterocycles. The van der Waals surface area contributed by atoms with Crippen molar-refractivity contribution in [3.05, 3.63) is 66.0 Å². The van der Waals surface area contributed by atoms with E-state index in [2.05, 4.69) is 0 Å². The van der Waals surface area contributed by atoms with Gasteiger partial charge in [-0.15, -0.1) is 0 Å². The summed E-state index contributed by atoms with van der Waals surface area (Å²) in [5.41, 5.74) is 6.00. The molecule has 3 amide bonds. The van der Waals surface area contributed by atoms with E-state index >= 15 is 4.39 Å². The van der Waals surface area contributed by atoms with Crippen LogP contribution < -0.4 is 11.1 Å². The number of nitrogens with one attached hydrogen (secondary N) is 2. The summed E-state index contributed by atoms with van der Waals surface area (Å²) in [4.78, 5) is 38.4. The Hall–Kier alpha value is -3.47. The predicted octanol–water partition coefficient (Wildman–Crippen LogP) is 2.64. The van der Waals surface area contributed by atoms with Crippen LogP contribution in [0.3, 0.4) is 0 Å². The molecular weight excluding hydrogens is 477 g/mol. The number of benzene rings is 2. The zero-order chi connectivity index (χ0) is 26.0. The molecule has 1 fully saturated rings. The molecule has 1 aliphatic rings. The van der Waals surface area contributed by atoms with Gasteiger partial charge in [0.1, 0.15) is 17.5 Å². The van der Waals surface area contributed by atoms with Gasteiger partial charge in [0.15, 0.2) is 9.84 Å². The van der Waals surface area contributed by atoms with Crippen molar-refractivity contribution in [3.63, 3.8) is 0 Å². The summed E-state index contributed by atoms with van der Waals surface area (Å²) in [5.74, 6) is -2.45. The normalized spacial score (nSPS) is 20.3. The van der Waals surface area contributed by atoms with Gasteiger partial charge in [-0.3, -0.25) is 4.79 Å². The van der Waals surface area contributed by atoms with Gasteiger partial charge in [0, 0.05) is 5.56 Å². The number of ether oxygens (including phenoxy) is 1. The van der Waals surface area contributed by atoms with E-state index in [1.165, 1.54) is 42.5 Å². The number of hydrogen-bond acceptors (Lipinski definition) is 6. The van der Waals surface area contributed by atoms with Crippen LogP contribution in [0.2, 0.25) is 0 Å². The summed E-state index contributed by atoms with van der Waals surface area (Å²) in [7, 11) is -4.15. The lowest BCUT2D eigenvalue weighted by Gasteiger charge is -2.32. The second-order valence-corrected chi connectivity index (χ2v) is 11.3. The van der Waals surface area contributed by atoms with Crippen LogP contribution in [0, 0.1) is 5.82 Å². The molecule has 3 rings (SSSR count). The first-order chi connectivity index (χ1) is 16.3. The molecular formula is C24H27FN3O6S. The highest BCUT2D eigenvalue weighted by molar-refractivity contribution is 7.92. The van der Waals surface area contributed by atoms with Gasteiger partial charge in [0.05, 0.1) is 22.7 Å². The molecule has 2 aromatic rings. The number of hydrogen-bond donors (Lipinski definition) is 1. The first-order valence-corrected chi connectivity index (χ1v) is 12.4. The molecule has 9 nitrogen and oxygen atoms in total. The third-order valence-electron chi connectivity index (χ3n) is 5.50. The molecule has 0 aromatic heterocycles. The van der Waals surface area contributed by atoms with Gasteiger partial charge in [-0.25, -0.2) is 28.1 Å². The fraction of sp³-hybridized carbons (Fsp3) is 0.375. The van der Waals surface area contributed by atoms with Crippen LogP contribution in [-0.4, -0.2) is 54.7 Å². The van der Waals surface area contributed by atoms with Crippen molar-refractivity contribution < 1.29 is 31.9 Å². The largest absolute Gasteiger partial charge is 0.458 e. The number of esters is 1. The maximum absolute atomic E-state index is 15.0. The van der Waals surface area contributed by atoms with Gasteiger partial charge >= 0.3 is 12.0 Å². The standard InChI is InChI=1S/C24H27FN3O6S/c1-24(2,3)34-22(30)18-13-19(35(32,33)15-9-5-4-6-10-15)21(16-11-7-8-12-17(16)25)28(18)20(29)14-27-23(26)31/h4-12,18-19,21,26H,13-14H2,1-3H3,(H,27,31). The van der Waals surface area contributed by atoms with Crippen molar-refractivity contribution in [1.82, 2.24) is 16.0 Å². The Morgan fingerprint density at radius 2 is 1.69 bits per heavy atom. The number of halogens is 1. The third kappa shape index (κ3) is 5.79. The van der Waals surface area contributed by atoms with Crippen LogP contribution in [-0.2, 0) is 24.2 Å². The highest BCUT2D eigenvalue weighted by atomic mass is 32.2. The summed E-state index contributed by atoms with van der Waals surface area (Å²) in [6.07, 6.45) is -0.342. The summed E-state index contributed by atoms with van der Waals surface area (Å²) in [5, 5.41) is 0.663. The molecule has 1 radical (unpaired) electrons. The molecule has 0 aliphatic carbocycles. The SMILES string of the molecule is CC(C)(C)OC(=O)C1CC(S(=O)(=O)c2ccccc2)C(c2ccccc2F)N1C(=O)CNC([NH])=O. The van der Waals surface area contributed by atoms with Crippen molar-refractivity contribution in [3.8, 4) is 0 Å². The molecule has 0 saturated carbocycles. The third-order valence-corrected chi connectivity index (χ3v) is 7.68. The Labute approximate surface area is 203 Å². The summed E-state index contributed by atoms with van der Waals surface area (Å²) >= 11 is 0. The van der Waals surface area contributed by atoms with E-state index in [0.717, 1.165) is 11.0 Å². The topological polar surface area (TPSA) is 134 Å². The monoisotopic (exact) mass is 504 g/mol. The van der Waals surface area contributed by atoms with E-state index in [1.54, 1.807) is 26.8 Å². The summed E-state index contributed by atoms with van der Waals surface area (Å²) in [6.45, 7) is 4.20. The average Bonchev–Trinajstić information content (AvgIpc) is 3.19. The van der Waals surface area contributed by atoms with Gasteiger partial charge in [0.2, 0.25) is 5.91 Å². The predicted molar refractivity (Wildman–Crippen MR) is 124 cm³/mol. The van der Waals surface area contributed by atoms with Gasteiger partial charge in [-0.2, -0.15) is 0 Å². The Bertz CT molecular complexity index is 1210. The highest BCUT2D eigenvalue weighted by Crippen LogP contribution is 2.44. The lowest BCUT2D eigenvalue weighted by molar-refractivity contribution is -0.164. The van der Waals surface area contributed by atoms with Gasteiger partial charge in [0.25, 0.3) is 0 Å². The minimum Gasteiger partial charge on any atom is -0.458 e. The second kappa shape index (κ2) is 10.0. The van der Waals surface area contributed by atoms with E-state index in [9.17, 15) is 22.8 Å². The zero-order valence-electron chi connectivity index (χ0n) is 19.5. The first-order valence-electron chi connectivity index (χ1n) is 10.9. The number of nitrogens with zero attached hydrogens (tertiary/aromatic N) is 1. The van der Waals surface area contributed by atoms with Gasteiger partial charge < -0.3 is 15.0 Å². The van der Waals surface area contributed by atoms with Crippen molar-refractivity contribution in [2.24, 2.45) is 0 Å². The quantitative estimate of drug-likeness (QED) is 0.601. The molecule has 0 bridgehead atoms. The number of likely N-dealkylation sites (tertiary alicyclic amines) is 1. The zero-order valence-corrected chi connectivity index (χ0v) is 20.3. The molecule has 0 spiro atoms. The van der Waals surface area contributed by atoms with Crippen LogP contribution in [0.5, 0.6) is 0 Å². The van der Waals surface area contributed by atoms with E-state index in [4.69, 9.17) is 10.5 Å². The molecule has 2 aromatic carbocycles. The van der Waals surface area contributed by atoms with Crippen LogP contribution in [0.4, 0.5) is 9.18 Å². The smallest absolute Gasteiger partial charge is 0.333 e. The number of carbonyl (C=O) groups is 3. The fourth-order valence-electron chi connectivity index (χ4n) is 4.14. The van der Waals surface area contributed by atoms with Crippen molar-refractivity contribution in [2.45, 2.75) is 55.0 Å². The van der Waals surface area contributed by atoms with E-state index < -0.39 is 63.0 Å². The average molecular weight is 505 g/mol. The summed E-state index contributed by atoms with van der Waals surface area (Å²) in [6, 6.07) is 8.94. The minimum atomic E-state index is -4.15. The number of amides is 3.